The summed E-state index contributed by atoms with van der Waals surface area (Å²) in [5, 5.41) is 7.70. The Balaban J connectivity index is 1.37. The van der Waals surface area contributed by atoms with E-state index in [2.05, 4.69) is 36.3 Å². The van der Waals surface area contributed by atoms with Crippen LogP contribution in [0, 0.1) is 0 Å². The summed E-state index contributed by atoms with van der Waals surface area (Å²) in [5.74, 6) is 1.69. The fraction of sp³-hybridized carbons (Fsp3) is 0.333. The van der Waals surface area contributed by atoms with Gasteiger partial charge in [-0.1, -0.05) is 6.07 Å². The lowest BCUT2D eigenvalue weighted by Crippen LogP contribution is -2.21. The van der Waals surface area contributed by atoms with E-state index in [4.69, 9.17) is 0 Å². The van der Waals surface area contributed by atoms with Gasteiger partial charge in [-0.15, -0.1) is 0 Å². The van der Waals surface area contributed by atoms with Crippen LogP contribution in [0.1, 0.15) is 24.0 Å². The third kappa shape index (κ3) is 3.66. The molecule has 25 heavy (non-hydrogen) atoms. The molecule has 3 aromatic heterocycles. The Labute approximate surface area is 146 Å². The first kappa shape index (κ1) is 15.7. The molecule has 7 heteroatoms. The van der Waals surface area contributed by atoms with Crippen molar-refractivity contribution >= 4 is 5.95 Å². The van der Waals surface area contributed by atoms with Crippen molar-refractivity contribution in [2.45, 2.75) is 25.9 Å². The van der Waals surface area contributed by atoms with Gasteiger partial charge in [-0.2, -0.15) is 5.10 Å². The fourth-order valence-corrected chi connectivity index (χ4v) is 3.03. The molecule has 4 rings (SSSR count). The van der Waals surface area contributed by atoms with Gasteiger partial charge in [0.1, 0.15) is 0 Å². The van der Waals surface area contributed by atoms with Gasteiger partial charge in [0.05, 0.1) is 0 Å². The molecule has 3 aromatic rings. The summed E-state index contributed by atoms with van der Waals surface area (Å²) in [6.45, 7) is 3.55. The van der Waals surface area contributed by atoms with Crippen LogP contribution in [0.2, 0.25) is 0 Å². The summed E-state index contributed by atoms with van der Waals surface area (Å²) in [4.78, 5) is 15.7. The van der Waals surface area contributed by atoms with Crippen LogP contribution in [0.25, 0.3) is 5.82 Å². The second-order valence-corrected chi connectivity index (χ2v) is 6.13. The Morgan fingerprint density at radius 3 is 2.56 bits per heavy atom. The zero-order chi connectivity index (χ0) is 16.9. The highest BCUT2D eigenvalue weighted by Gasteiger charge is 2.14. The van der Waals surface area contributed by atoms with Crippen LogP contribution in [0.3, 0.4) is 0 Å². The molecule has 0 unspecified atom stereocenters. The van der Waals surface area contributed by atoms with Crippen molar-refractivity contribution in [3.05, 3.63) is 60.3 Å². The molecule has 1 aliphatic heterocycles. The third-order valence-electron chi connectivity index (χ3n) is 4.31. The molecular weight excluding hydrogens is 314 g/mol. The molecule has 0 spiro atoms. The Hall–Kier alpha value is -2.80. The van der Waals surface area contributed by atoms with E-state index in [1.165, 1.54) is 12.8 Å². The van der Waals surface area contributed by atoms with Gasteiger partial charge in [0.25, 0.3) is 0 Å². The first-order valence-electron chi connectivity index (χ1n) is 8.61. The van der Waals surface area contributed by atoms with Crippen LogP contribution >= 0.6 is 0 Å². The number of nitrogens with one attached hydrogen (secondary N) is 1. The second-order valence-electron chi connectivity index (χ2n) is 6.13. The van der Waals surface area contributed by atoms with Crippen LogP contribution in [-0.4, -0.2) is 37.8 Å². The summed E-state index contributed by atoms with van der Waals surface area (Å²) >= 11 is 0. The van der Waals surface area contributed by atoms with Crippen LogP contribution in [0.15, 0.2) is 49.2 Å². The lowest BCUT2D eigenvalue weighted by Gasteiger charge is -2.14. The van der Waals surface area contributed by atoms with Gasteiger partial charge in [-0.3, -0.25) is 0 Å². The average Bonchev–Trinajstić information content (AvgIpc) is 3.37. The highest BCUT2D eigenvalue weighted by molar-refractivity contribution is 5.33. The smallest absolute Gasteiger partial charge is 0.225 e. The largest absolute Gasteiger partial charge is 0.341 e. The minimum atomic E-state index is 0.705. The van der Waals surface area contributed by atoms with Crippen molar-refractivity contribution < 1.29 is 0 Å². The van der Waals surface area contributed by atoms with Crippen molar-refractivity contribution in [3.8, 4) is 5.82 Å². The molecule has 0 atom stereocenters. The highest BCUT2D eigenvalue weighted by Crippen LogP contribution is 2.15. The van der Waals surface area contributed by atoms with E-state index in [1.807, 2.05) is 30.7 Å². The van der Waals surface area contributed by atoms with Gasteiger partial charge in [0.15, 0.2) is 5.82 Å². The van der Waals surface area contributed by atoms with Crippen LogP contribution in [-0.2, 0) is 13.1 Å². The standard InChI is InChI=1S/C18H21N7/c1-2-9-24(8-1)18-21-12-15(13-22-18)11-19-14-16-5-3-6-20-17(16)25-10-4-7-23-25/h3-7,10,12-13,19H,1-2,8-9,11,14H2. The van der Waals surface area contributed by atoms with Gasteiger partial charge in [-0.05, 0) is 25.0 Å². The highest BCUT2D eigenvalue weighted by atomic mass is 15.3. The van der Waals surface area contributed by atoms with Gasteiger partial charge >= 0.3 is 0 Å². The molecule has 0 bridgehead atoms. The molecular formula is C18H21N7. The summed E-state index contributed by atoms with van der Waals surface area (Å²) in [6, 6.07) is 5.90. The molecule has 0 aromatic carbocycles. The van der Waals surface area contributed by atoms with E-state index in [1.54, 1.807) is 17.1 Å². The SMILES string of the molecule is c1cnc(-n2cccn2)c(CNCc2cnc(N3CCCC3)nc2)c1. The first-order valence-corrected chi connectivity index (χ1v) is 8.61. The first-order chi connectivity index (χ1) is 12.4. The molecule has 0 amide bonds. The lowest BCUT2D eigenvalue weighted by molar-refractivity contribution is 0.677. The van der Waals surface area contributed by atoms with Crippen LogP contribution < -0.4 is 10.2 Å². The minimum Gasteiger partial charge on any atom is -0.341 e. The molecule has 0 saturated carbocycles. The topological polar surface area (TPSA) is 71.8 Å². The second kappa shape index (κ2) is 7.40. The summed E-state index contributed by atoms with van der Waals surface area (Å²) in [6.07, 6.45) is 11.7. The molecule has 128 valence electrons. The number of hydrogen-bond acceptors (Lipinski definition) is 6. The van der Waals surface area contributed by atoms with Crippen molar-refractivity contribution in [1.82, 2.24) is 30.0 Å². The number of aromatic nitrogens is 5. The maximum Gasteiger partial charge on any atom is 0.225 e. The molecule has 7 nitrogen and oxygen atoms in total. The Kier molecular flexibility index (Phi) is 4.65. The zero-order valence-electron chi connectivity index (χ0n) is 14.0. The Morgan fingerprint density at radius 2 is 1.80 bits per heavy atom. The van der Waals surface area contributed by atoms with Crippen molar-refractivity contribution in [2.75, 3.05) is 18.0 Å². The molecule has 1 aliphatic rings. The normalized spacial score (nSPS) is 14.2. The number of pyridine rings is 1. The molecule has 1 N–H and O–H groups in total. The van der Waals surface area contributed by atoms with Crippen molar-refractivity contribution in [2.24, 2.45) is 0 Å². The van der Waals surface area contributed by atoms with E-state index < -0.39 is 0 Å². The Bertz CT molecular complexity index is 793. The molecule has 1 fully saturated rings. The van der Waals surface area contributed by atoms with Crippen molar-refractivity contribution in [1.29, 1.82) is 0 Å². The van der Waals surface area contributed by atoms with E-state index in [9.17, 15) is 0 Å². The van der Waals surface area contributed by atoms with Gasteiger partial charge in [-0.25, -0.2) is 19.6 Å². The predicted molar refractivity (Wildman–Crippen MR) is 95.4 cm³/mol. The monoisotopic (exact) mass is 335 g/mol. The molecule has 0 radical (unpaired) electrons. The van der Waals surface area contributed by atoms with Crippen LogP contribution in [0.5, 0.6) is 0 Å². The molecule has 1 saturated heterocycles. The fourth-order valence-electron chi connectivity index (χ4n) is 3.03. The number of hydrogen-bond donors (Lipinski definition) is 1. The maximum absolute atomic E-state index is 4.49. The van der Waals surface area contributed by atoms with Gasteiger partial charge in [0, 0.05) is 68.3 Å². The van der Waals surface area contributed by atoms with Gasteiger partial charge in [0.2, 0.25) is 5.95 Å². The van der Waals surface area contributed by atoms with E-state index in [-0.39, 0.29) is 0 Å². The lowest BCUT2D eigenvalue weighted by atomic mass is 10.2. The maximum atomic E-state index is 4.49. The van der Waals surface area contributed by atoms with Crippen LogP contribution in [0.4, 0.5) is 5.95 Å². The van der Waals surface area contributed by atoms with E-state index in [0.29, 0.717) is 13.1 Å². The number of rotatable bonds is 6. The summed E-state index contributed by atoms with van der Waals surface area (Å²) in [5.41, 5.74) is 2.17. The number of nitrogens with zero attached hydrogens (tertiary/aromatic N) is 6. The molecule has 0 aliphatic carbocycles. The number of anilines is 1. The Morgan fingerprint density at radius 1 is 0.960 bits per heavy atom. The van der Waals surface area contributed by atoms with E-state index >= 15 is 0 Å². The predicted octanol–water partition coefficient (Wildman–Crippen LogP) is 1.95. The van der Waals surface area contributed by atoms with E-state index in [0.717, 1.165) is 36.0 Å². The summed E-state index contributed by atoms with van der Waals surface area (Å²) in [7, 11) is 0. The molecule has 4 heterocycles. The quantitative estimate of drug-likeness (QED) is 0.742. The average molecular weight is 335 g/mol. The minimum absolute atomic E-state index is 0.705. The van der Waals surface area contributed by atoms with Gasteiger partial charge < -0.3 is 10.2 Å². The van der Waals surface area contributed by atoms with Crippen molar-refractivity contribution in [3.63, 3.8) is 0 Å². The summed E-state index contributed by atoms with van der Waals surface area (Å²) < 4.78 is 1.78. The zero-order valence-corrected chi connectivity index (χ0v) is 14.0. The third-order valence-corrected chi connectivity index (χ3v) is 4.31.